The van der Waals surface area contributed by atoms with Gasteiger partial charge in [0, 0.05) is 24.0 Å². The summed E-state index contributed by atoms with van der Waals surface area (Å²) in [6.07, 6.45) is 5.01. The lowest BCUT2D eigenvalue weighted by molar-refractivity contribution is -0.0299. The zero-order valence-corrected chi connectivity index (χ0v) is 13.3. The minimum atomic E-state index is 0.184. The number of nitrogens with zero attached hydrogens (tertiary/aromatic N) is 2. The van der Waals surface area contributed by atoms with Crippen LogP contribution in [-0.4, -0.2) is 43.2 Å². The van der Waals surface area contributed by atoms with Crippen LogP contribution < -0.4 is 5.32 Å². The summed E-state index contributed by atoms with van der Waals surface area (Å²) >= 11 is 1.87. The molecule has 4 nitrogen and oxygen atoms in total. The molecule has 1 aromatic rings. The summed E-state index contributed by atoms with van der Waals surface area (Å²) in [5.74, 6) is 0. The molecular weight excluding hydrogens is 270 g/mol. The van der Waals surface area contributed by atoms with Crippen LogP contribution in [0.3, 0.4) is 0 Å². The number of morpholine rings is 1. The second kappa shape index (κ2) is 6.52. The van der Waals surface area contributed by atoms with Crippen molar-refractivity contribution in [1.82, 2.24) is 15.2 Å². The number of nitrogens with one attached hydrogen (secondary N) is 1. The molecule has 0 bridgehead atoms. The van der Waals surface area contributed by atoms with Crippen molar-refractivity contribution in [3.05, 3.63) is 15.6 Å². The maximum Gasteiger partial charge on any atom is 0.123 e. The van der Waals surface area contributed by atoms with E-state index in [1.807, 2.05) is 11.3 Å². The molecule has 1 fully saturated rings. The van der Waals surface area contributed by atoms with Gasteiger partial charge in [-0.25, -0.2) is 4.98 Å². The molecule has 0 spiro atoms. The molecule has 2 unspecified atom stereocenters. The Morgan fingerprint density at radius 3 is 3.20 bits per heavy atom. The summed E-state index contributed by atoms with van der Waals surface area (Å²) in [5, 5.41) is 4.62. The van der Waals surface area contributed by atoms with Gasteiger partial charge in [0.2, 0.25) is 0 Å². The number of ether oxygens (including phenoxy) is 1. The van der Waals surface area contributed by atoms with Crippen LogP contribution in [0.5, 0.6) is 0 Å². The Balaban J connectivity index is 1.75. The molecule has 1 aliphatic carbocycles. The van der Waals surface area contributed by atoms with Gasteiger partial charge in [0.15, 0.2) is 0 Å². The summed E-state index contributed by atoms with van der Waals surface area (Å²) in [5.41, 5.74) is 1.31. The minimum Gasteiger partial charge on any atom is -0.368 e. The average Bonchev–Trinajstić information content (AvgIpc) is 2.92. The normalized spacial score (nSPS) is 27.5. The molecule has 1 saturated heterocycles. The van der Waals surface area contributed by atoms with Crippen molar-refractivity contribution in [2.24, 2.45) is 0 Å². The lowest BCUT2D eigenvalue weighted by Gasteiger charge is -2.31. The Labute approximate surface area is 125 Å². The van der Waals surface area contributed by atoms with Gasteiger partial charge in [-0.15, -0.1) is 11.3 Å². The van der Waals surface area contributed by atoms with E-state index in [2.05, 4.69) is 24.2 Å². The van der Waals surface area contributed by atoms with Gasteiger partial charge >= 0.3 is 0 Å². The van der Waals surface area contributed by atoms with Crippen molar-refractivity contribution in [3.8, 4) is 0 Å². The fourth-order valence-corrected chi connectivity index (χ4v) is 4.52. The van der Waals surface area contributed by atoms with Crippen molar-refractivity contribution < 1.29 is 4.74 Å². The van der Waals surface area contributed by atoms with Gasteiger partial charge in [0.25, 0.3) is 0 Å². The van der Waals surface area contributed by atoms with Crippen molar-refractivity contribution in [2.45, 2.75) is 44.8 Å². The van der Waals surface area contributed by atoms with Crippen LogP contribution in [-0.2, 0) is 11.2 Å². The van der Waals surface area contributed by atoms with E-state index in [1.165, 1.54) is 41.4 Å². The zero-order valence-electron chi connectivity index (χ0n) is 12.5. The van der Waals surface area contributed by atoms with Crippen molar-refractivity contribution in [3.63, 3.8) is 0 Å². The van der Waals surface area contributed by atoms with Gasteiger partial charge in [-0.05, 0) is 39.3 Å². The molecule has 20 heavy (non-hydrogen) atoms. The molecule has 112 valence electrons. The Morgan fingerprint density at radius 2 is 2.40 bits per heavy atom. The molecule has 2 aliphatic rings. The number of aromatic nitrogens is 1. The van der Waals surface area contributed by atoms with E-state index in [9.17, 15) is 0 Å². The Morgan fingerprint density at radius 1 is 1.50 bits per heavy atom. The van der Waals surface area contributed by atoms with E-state index < -0.39 is 0 Å². The van der Waals surface area contributed by atoms with Crippen molar-refractivity contribution >= 4 is 11.3 Å². The van der Waals surface area contributed by atoms with Crippen LogP contribution in [0.1, 0.15) is 53.9 Å². The van der Waals surface area contributed by atoms with Crippen LogP contribution >= 0.6 is 11.3 Å². The molecule has 5 heteroatoms. The largest absolute Gasteiger partial charge is 0.368 e. The SMILES string of the molecule is CCCN1CCOC(c2nc3c(s2)C(NC)CCC3)C1. The summed E-state index contributed by atoms with van der Waals surface area (Å²) < 4.78 is 5.97. The highest BCUT2D eigenvalue weighted by molar-refractivity contribution is 7.11. The smallest absolute Gasteiger partial charge is 0.123 e. The summed E-state index contributed by atoms with van der Waals surface area (Å²) in [7, 11) is 2.05. The lowest BCUT2D eigenvalue weighted by atomic mass is 9.98. The molecule has 0 radical (unpaired) electrons. The molecule has 2 heterocycles. The monoisotopic (exact) mass is 295 g/mol. The maximum absolute atomic E-state index is 5.97. The van der Waals surface area contributed by atoms with E-state index in [-0.39, 0.29) is 6.10 Å². The molecule has 0 aromatic carbocycles. The highest BCUT2D eigenvalue weighted by Gasteiger charge is 2.29. The number of thiazole rings is 1. The van der Waals surface area contributed by atoms with Gasteiger partial charge < -0.3 is 10.1 Å². The minimum absolute atomic E-state index is 0.184. The summed E-state index contributed by atoms with van der Waals surface area (Å²) in [6.45, 7) is 6.32. The van der Waals surface area contributed by atoms with Gasteiger partial charge in [-0.2, -0.15) is 0 Å². The number of aryl methyl sites for hydroxylation is 1. The summed E-state index contributed by atoms with van der Waals surface area (Å²) in [6, 6.07) is 0.500. The third-order valence-electron chi connectivity index (χ3n) is 4.28. The van der Waals surface area contributed by atoms with E-state index in [4.69, 9.17) is 9.72 Å². The molecule has 1 aliphatic heterocycles. The second-order valence-electron chi connectivity index (χ2n) is 5.76. The summed E-state index contributed by atoms with van der Waals surface area (Å²) in [4.78, 5) is 8.85. The van der Waals surface area contributed by atoms with E-state index in [0.717, 1.165) is 26.1 Å². The Hall–Kier alpha value is -0.490. The first-order valence-electron chi connectivity index (χ1n) is 7.82. The molecule has 1 aromatic heterocycles. The molecular formula is C15H25N3OS. The average molecular weight is 295 g/mol. The maximum atomic E-state index is 5.97. The third-order valence-corrected chi connectivity index (χ3v) is 5.58. The highest BCUT2D eigenvalue weighted by atomic mass is 32.1. The van der Waals surface area contributed by atoms with Crippen molar-refractivity contribution in [1.29, 1.82) is 0 Å². The third kappa shape index (κ3) is 2.91. The fourth-order valence-electron chi connectivity index (χ4n) is 3.22. The highest BCUT2D eigenvalue weighted by Crippen LogP contribution is 2.37. The van der Waals surface area contributed by atoms with Gasteiger partial charge in [-0.1, -0.05) is 6.92 Å². The topological polar surface area (TPSA) is 37.4 Å². The number of hydrogen-bond donors (Lipinski definition) is 1. The Kier molecular flexibility index (Phi) is 4.71. The number of rotatable bonds is 4. The van der Waals surface area contributed by atoms with Gasteiger partial charge in [-0.3, -0.25) is 4.90 Å². The van der Waals surface area contributed by atoms with Crippen LogP contribution in [0.15, 0.2) is 0 Å². The Bertz CT molecular complexity index is 446. The van der Waals surface area contributed by atoms with Crippen LogP contribution in [0.4, 0.5) is 0 Å². The van der Waals surface area contributed by atoms with E-state index >= 15 is 0 Å². The van der Waals surface area contributed by atoms with E-state index in [0.29, 0.717) is 6.04 Å². The van der Waals surface area contributed by atoms with Gasteiger partial charge in [0.05, 0.1) is 12.3 Å². The second-order valence-corrected chi connectivity index (χ2v) is 6.82. The number of hydrogen-bond acceptors (Lipinski definition) is 5. The molecule has 3 rings (SSSR count). The van der Waals surface area contributed by atoms with Crippen LogP contribution in [0, 0.1) is 0 Å². The van der Waals surface area contributed by atoms with Crippen LogP contribution in [0.2, 0.25) is 0 Å². The van der Waals surface area contributed by atoms with Gasteiger partial charge in [0.1, 0.15) is 11.1 Å². The fraction of sp³-hybridized carbons (Fsp3) is 0.800. The predicted molar refractivity (Wildman–Crippen MR) is 82.3 cm³/mol. The van der Waals surface area contributed by atoms with Crippen LogP contribution in [0.25, 0.3) is 0 Å². The molecule has 0 saturated carbocycles. The molecule has 0 amide bonds. The molecule has 2 atom stereocenters. The lowest BCUT2D eigenvalue weighted by Crippen LogP contribution is -2.38. The standard InChI is InChI=1S/C15H25N3OS/c1-3-7-18-8-9-19-13(10-18)15-17-12-6-4-5-11(16-2)14(12)20-15/h11,13,16H,3-10H2,1-2H3. The first-order valence-corrected chi connectivity index (χ1v) is 8.64. The first-order chi connectivity index (χ1) is 9.81. The molecule has 1 N–H and O–H groups in total. The predicted octanol–water partition coefficient (Wildman–Crippen LogP) is 2.52. The zero-order chi connectivity index (χ0) is 13.9. The quantitative estimate of drug-likeness (QED) is 0.926. The first kappa shape index (κ1) is 14.4. The number of fused-ring (bicyclic) bond motifs is 1. The van der Waals surface area contributed by atoms with Crippen molar-refractivity contribution in [2.75, 3.05) is 33.3 Å². The van der Waals surface area contributed by atoms with E-state index in [1.54, 1.807) is 0 Å².